The van der Waals surface area contributed by atoms with Crippen molar-refractivity contribution in [2.24, 2.45) is 28.6 Å². The van der Waals surface area contributed by atoms with Crippen molar-refractivity contribution < 1.29 is 33.7 Å². The molecule has 0 aromatic heterocycles. The minimum atomic E-state index is -1.23. The minimum Gasteiger partial charge on any atom is -0.466 e. The van der Waals surface area contributed by atoms with Crippen LogP contribution in [0.2, 0.25) is 0 Å². The van der Waals surface area contributed by atoms with Gasteiger partial charge in [0.25, 0.3) is 0 Å². The molecule has 7 atom stereocenters. The zero-order chi connectivity index (χ0) is 24.9. The molecule has 1 saturated carbocycles. The van der Waals surface area contributed by atoms with Gasteiger partial charge in [0.2, 0.25) is 0 Å². The van der Waals surface area contributed by atoms with E-state index >= 15 is 0 Å². The van der Waals surface area contributed by atoms with Gasteiger partial charge in [0, 0.05) is 38.4 Å². The molecular weight excluding hydrogens is 450 g/mol. The molecule has 2 heterocycles. The molecule has 8 nitrogen and oxygen atoms in total. The maximum absolute atomic E-state index is 13.1. The number of piperidine rings is 1. The molecule has 0 aromatic carbocycles. The first-order chi connectivity index (χ1) is 16.6. The molecule has 2 aliphatic heterocycles. The monoisotopic (exact) mass is 485 g/mol. The van der Waals surface area contributed by atoms with Crippen molar-refractivity contribution in [3.63, 3.8) is 0 Å². The average Bonchev–Trinajstić information content (AvgIpc) is 3.42. The third kappa shape index (κ3) is 2.57. The minimum absolute atomic E-state index is 0.0292. The highest BCUT2D eigenvalue weighted by molar-refractivity contribution is 5.93. The summed E-state index contributed by atoms with van der Waals surface area (Å²) in [7, 11) is 1.40. The molecule has 190 valence electrons. The molecule has 0 unspecified atom stereocenters. The summed E-state index contributed by atoms with van der Waals surface area (Å²) >= 11 is 0. The first kappa shape index (κ1) is 23.2. The molecule has 6 aliphatic rings. The Morgan fingerprint density at radius 3 is 2.57 bits per heavy atom. The lowest BCUT2D eigenvalue weighted by Crippen LogP contribution is -2.79. The van der Waals surface area contributed by atoms with Crippen LogP contribution in [0.5, 0.6) is 0 Å². The fraction of sp³-hybridized carbons (Fsp3) is 0.741. The summed E-state index contributed by atoms with van der Waals surface area (Å²) in [4.78, 5) is 40.0. The van der Waals surface area contributed by atoms with E-state index in [-0.39, 0.29) is 36.3 Å². The SMILES string of the molecule is COC(=O)C1=C2CCC3=C2[C@@]2(C1)[C@@]1(COC(C)=O)[C@@H](CC3)CN3C[C@@H](C)[C@H](C[C@@H]1OC(C)=O)[C@@]32O. The van der Waals surface area contributed by atoms with E-state index in [0.717, 1.165) is 43.4 Å². The molecule has 2 saturated heterocycles. The Labute approximate surface area is 205 Å². The van der Waals surface area contributed by atoms with E-state index in [9.17, 15) is 19.5 Å². The molecular formula is C27H35NO7. The van der Waals surface area contributed by atoms with Gasteiger partial charge in [-0.15, -0.1) is 0 Å². The van der Waals surface area contributed by atoms with Crippen LogP contribution < -0.4 is 0 Å². The van der Waals surface area contributed by atoms with Gasteiger partial charge in [-0.2, -0.15) is 0 Å². The normalized spacial score (nSPS) is 43.1. The standard InChI is InChI=1S/C27H35NO7/c1-14-11-28-12-18-7-5-17-6-8-19-20(24(31)33-4)10-26(23(17)19)25(18,13-34-15(2)29)22(35-16(3)30)9-21(14)27(26,28)32/h14,18,21-22,32H,5-13H2,1-4H3/t14-,18+,21+,22+,25+,26+,27+/m1/s1. The zero-order valence-corrected chi connectivity index (χ0v) is 21.0. The molecule has 4 aliphatic carbocycles. The summed E-state index contributed by atoms with van der Waals surface area (Å²) in [5.74, 6) is -1.04. The molecule has 0 amide bonds. The molecule has 0 radical (unpaired) electrons. The van der Waals surface area contributed by atoms with Crippen molar-refractivity contribution >= 4 is 17.9 Å². The van der Waals surface area contributed by atoms with Gasteiger partial charge >= 0.3 is 17.9 Å². The zero-order valence-electron chi connectivity index (χ0n) is 21.0. The van der Waals surface area contributed by atoms with Crippen LogP contribution in [0.4, 0.5) is 0 Å². The van der Waals surface area contributed by atoms with Crippen molar-refractivity contribution in [2.75, 3.05) is 26.8 Å². The van der Waals surface area contributed by atoms with Gasteiger partial charge in [0.1, 0.15) is 18.4 Å². The number of carbonyl (C=O) groups excluding carboxylic acids is 3. The first-order valence-electron chi connectivity index (χ1n) is 12.9. The van der Waals surface area contributed by atoms with Crippen LogP contribution in [0.1, 0.15) is 59.3 Å². The predicted octanol–water partition coefficient (Wildman–Crippen LogP) is 2.50. The quantitative estimate of drug-likeness (QED) is 0.479. The second-order valence-corrected chi connectivity index (χ2v) is 11.6. The Hall–Kier alpha value is -2.19. The Morgan fingerprint density at radius 2 is 1.89 bits per heavy atom. The van der Waals surface area contributed by atoms with Crippen LogP contribution in [0.15, 0.2) is 22.3 Å². The van der Waals surface area contributed by atoms with E-state index in [2.05, 4.69) is 11.8 Å². The van der Waals surface area contributed by atoms with Gasteiger partial charge in [-0.1, -0.05) is 12.5 Å². The molecule has 35 heavy (non-hydrogen) atoms. The van der Waals surface area contributed by atoms with E-state index in [1.54, 1.807) is 0 Å². The van der Waals surface area contributed by atoms with E-state index < -0.39 is 28.6 Å². The second-order valence-electron chi connectivity index (χ2n) is 11.6. The second kappa shape index (κ2) is 7.42. The van der Waals surface area contributed by atoms with Gasteiger partial charge in [-0.05, 0) is 61.5 Å². The highest BCUT2D eigenvalue weighted by Crippen LogP contribution is 2.78. The van der Waals surface area contributed by atoms with Crippen LogP contribution in [0.3, 0.4) is 0 Å². The Balaban J connectivity index is 1.68. The van der Waals surface area contributed by atoms with Crippen molar-refractivity contribution in [2.45, 2.75) is 71.1 Å². The molecule has 0 aromatic rings. The summed E-state index contributed by atoms with van der Waals surface area (Å²) in [6.07, 6.45) is 3.66. The fourth-order valence-electron chi connectivity index (χ4n) is 9.49. The van der Waals surface area contributed by atoms with Crippen molar-refractivity contribution in [1.29, 1.82) is 0 Å². The average molecular weight is 486 g/mol. The number of allylic oxidation sites excluding steroid dienone is 2. The molecule has 3 fully saturated rings. The lowest BCUT2D eigenvalue weighted by atomic mass is 9.40. The third-order valence-electron chi connectivity index (χ3n) is 10.4. The Morgan fingerprint density at radius 1 is 1.11 bits per heavy atom. The smallest absolute Gasteiger partial charge is 0.334 e. The van der Waals surface area contributed by atoms with Gasteiger partial charge in [0.05, 0.1) is 17.9 Å². The van der Waals surface area contributed by atoms with Crippen LogP contribution in [0, 0.1) is 28.6 Å². The third-order valence-corrected chi connectivity index (χ3v) is 10.4. The van der Waals surface area contributed by atoms with Crippen molar-refractivity contribution in [3.05, 3.63) is 22.3 Å². The summed E-state index contributed by atoms with van der Waals surface area (Å²) in [6, 6.07) is 0. The van der Waals surface area contributed by atoms with Crippen molar-refractivity contribution in [1.82, 2.24) is 4.90 Å². The van der Waals surface area contributed by atoms with Crippen LogP contribution in [-0.2, 0) is 28.6 Å². The van der Waals surface area contributed by atoms with Gasteiger partial charge in [-0.3, -0.25) is 14.5 Å². The molecule has 1 N–H and O–H groups in total. The van der Waals surface area contributed by atoms with Crippen molar-refractivity contribution in [3.8, 4) is 0 Å². The number of methoxy groups -OCH3 is 1. The van der Waals surface area contributed by atoms with E-state index in [1.165, 1.54) is 26.5 Å². The topological polar surface area (TPSA) is 102 Å². The Bertz CT molecular complexity index is 1090. The van der Waals surface area contributed by atoms with Crippen LogP contribution in [-0.4, -0.2) is 66.5 Å². The number of ether oxygens (including phenoxy) is 3. The number of nitrogens with zero attached hydrogens (tertiary/aromatic N) is 1. The summed E-state index contributed by atoms with van der Waals surface area (Å²) < 4.78 is 17.2. The van der Waals surface area contributed by atoms with E-state index in [4.69, 9.17) is 14.2 Å². The van der Waals surface area contributed by atoms with E-state index in [1.807, 2.05) is 0 Å². The number of rotatable bonds is 4. The van der Waals surface area contributed by atoms with E-state index in [0.29, 0.717) is 25.0 Å². The van der Waals surface area contributed by atoms with Crippen LogP contribution >= 0.6 is 0 Å². The number of hydrogen-bond acceptors (Lipinski definition) is 8. The highest BCUT2D eigenvalue weighted by Gasteiger charge is 2.83. The predicted molar refractivity (Wildman–Crippen MR) is 123 cm³/mol. The number of aliphatic hydroxyl groups is 1. The number of hydrogen-bond donors (Lipinski definition) is 1. The molecule has 4 bridgehead atoms. The summed E-state index contributed by atoms with van der Waals surface area (Å²) in [6.45, 7) is 6.44. The molecule has 1 spiro atoms. The maximum Gasteiger partial charge on any atom is 0.334 e. The Kier molecular flexibility index (Phi) is 4.92. The largest absolute Gasteiger partial charge is 0.466 e. The highest BCUT2D eigenvalue weighted by atomic mass is 16.6. The fourth-order valence-corrected chi connectivity index (χ4v) is 9.49. The number of esters is 3. The van der Waals surface area contributed by atoms with Crippen LogP contribution in [0.25, 0.3) is 0 Å². The molecule has 8 heteroatoms. The summed E-state index contributed by atoms with van der Waals surface area (Å²) in [5, 5.41) is 13.0. The van der Waals surface area contributed by atoms with Gasteiger partial charge in [-0.25, -0.2) is 4.79 Å². The summed E-state index contributed by atoms with van der Waals surface area (Å²) in [5.41, 5.74) is 1.03. The lowest BCUT2D eigenvalue weighted by molar-refractivity contribution is -0.332. The molecule has 6 rings (SSSR count). The van der Waals surface area contributed by atoms with Gasteiger partial charge < -0.3 is 19.3 Å². The van der Waals surface area contributed by atoms with Gasteiger partial charge in [0.15, 0.2) is 0 Å². The maximum atomic E-state index is 13.1. The number of carbonyl (C=O) groups is 3. The first-order valence-corrected chi connectivity index (χ1v) is 12.9. The lowest BCUT2D eigenvalue weighted by Gasteiger charge is -2.70.